The molecule has 0 atom stereocenters. The fourth-order valence-electron chi connectivity index (χ4n) is 3.84. The van der Waals surface area contributed by atoms with Crippen molar-refractivity contribution in [2.45, 2.75) is 52.1 Å². The molecular weight excluding hydrogens is 361 g/mol. The molecule has 3 nitrogen and oxygen atoms in total. The first kappa shape index (κ1) is 19.8. The zero-order valence-corrected chi connectivity index (χ0v) is 16.7. The molecule has 1 aliphatic rings. The largest absolute Gasteiger partial charge is 0.345 e. The number of aromatic amines is 1. The lowest BCUT2D eigenvalue weighted by atomic mass is 9.75. The van der Waals surface area contributed by atoms with Gasteiger partial charge >= 0.3 is 0 Å². The molecule has 0 aliphatic heterocycles. The van der Waals surface area contributed by atoms with Gasteiger partial charge in [-0.2, -0.15) is 0 Å². The van der Waals surface area contributed by atoms with Crippen LogP contribution in [-0.4, -0.2) is 16.0 Å². The molecule has 1 aliphatic carbocycles. The van der Waals surface area contributed by atoms with Crippen molar-refractivity contribution < 1.29 is 4.39 Å². The number of aromatic nitrogens is 2. The Labute approximate surface area is 166 Å². The summed E-state index contributed by atoms with van der Waals surface area (Å²) in [4.78, 5) is 7.36. The minimum absolute atomic E-state index is 0. The van der Waals surface area contributed by atoms with Crippen LogP contribution in [0.15, 0.2) is 42.7 Å². The highest BCUT2D eigenvalue weighted by Crippen LogP contribution is 2.35. The molecule has 0 bridgehead atoms. The summed E-state index contributed by atoms with van der Waals surface area (Å²) in [6, 6.07) is 12.0. The first-order valence-electron chi connectivity index (χ1n) is 9.45. The van der Waals surface area contributed by atoms with Gasteiger partial charge in [-0.1, -0.05) is 32.0 Å². The van der Waals surface area contributed by atoms with Gasteiger partial charge in [0.05, 0.1) is 17.4 Å². The molecule has 144 valence electrons. The van der Waals surface area contributed by atoms with Crippen molar-refractivity contribution in [3.8, 4) is 11.1 Å². The molecule has 0 amide bonds. The van der Waals surface area contributed by atoms with E-state index in [4.69, 9.17) is 0 Å². The van der Waals surface area contributed by atoms with Gasteiger partial charge in [0.25, 0.3) is 0 Å². The molecule has 4 rings (SSSR count). The van der Waals surface area contributed by atoms with Crippen molar-refractivity contribution in [3.05, 3.63) is 54.1 Å². The lowest BCUT2D eigenvalue weighted by Crippen LogP contribution is -2.35. The van der Waals surface area contributed by atoms with E-state index >= 15 is 0 Å². The predicted octanol–water partition coefficient (Wildman–Crippen LogP) is 5.85. The Bertz CT molecular complexity index is 909. The van der Waals surface area contributed by atoms with Crippen molar-refractivity contribution in [1.82, 2.24) is 15.3 Å². The first-order chi connectivity index (χ1) is 12.5. The zero-order chi connectivity index (χ0) is 18.1. The second-order valence-electron chi connectivity index (χ2n) is 8.26. The molecule has 5 heteroatoms. The van der Waals surface area contributed by atoms with Crippen LogP contribution in [0.3, 0.4) is 0 Å². The number of fused-ring (bicyclic) bond motifs is 1. The van der Waals surface area contributed by atoms with Crippen LogP contribution in [0.25, 0.3) is 22.2 Å². The minimum Gasteiger partial charge on any atom is -0.345 e. The number of H-pyrrole nitrogens is 1. The summed E-state index contributed by atoms with van der Waals surface area (Å²) in [6.45, 7) is 5.26. The van der Waals surface area contributed by atoms with Crippen molar-refractivity contribution >= 4 is 23.4 Å². The molecule has 0 radical (unpaired) electrons. The normalized spacial score (nSPS) is 17.0. The highest BCUT2D eigenvalue weighted by atomic mass is 35.5. The quantitative estimate of drug-likeness (QED) is 0.589. The molecule has 2 N–H and O–H groups in total. The van der Waals surface area contributed by atoms with Gasteiger partial charge in [-0.05, 0) is 60.4 Å². The van der Waals surface area contributed by atoms with Gasteiger partial charge in [-0.15, -0.1) is 12.4 Å². The van der Waals surface area contributed by atoms with E-state index in [-0.39, 0.29) is 18.2 Å². The lowest BCUT2D eigenvalue weighted by molar-refractivity contribution is 0.205. The lowest BCUT2D eigenvalue weighted by Gasteiger charge is -2.34. The van der Waals surface area contributed by atoms with Gasteiger partial charge in [0, 0.05) is 18.2 Å². The number of nitrogens with one attached hydrogen (secondary N) is 2. The van der Waals surface area contributed by atoms with Gasteiger partial charge in [0.15, 0.2) is 0 Å². The molecule has 0 unspecified atom stereocenters. The Morgan fingerprint density at radius 2 is 1.81 bits per heavy atom. The molecule has 1 heterocycles. The molecule has 0 spiro atoms. The number of imidazole rings is 1. The summed E-state index contributed by atoms with van der Waals surface area (Å²) < 4.78 is 14.6. The van der Waals surface area contributed by atoms with Crippen LogP contribution in [0, 0.1) is 11.2 Å². The van der Waals surface area contributed by atoms with E-state index in [0.29, 0.717) is 18.0 Å². The fourth-order valence-corrected chi connectivity index (χ4v) is 3.84. The second kappa shape index (κ2) is 7.99. The summed E-state index contributed by atoms with van der Waals surface area (Å²) in [7, 11) is 0. The third-order valence-electron chi connectivity index (χ3n) is 5.73. The van der Waals surface area contributed by atoms with Gasteiger partial charge in [0.1, 0.15) is 5.82 Å². The van der Waals surface area contributed by atoms with E-state index < -0.39 is 0 Å². The third-order valence-corrected chi connectivity index (χ3v) is 5.73. The van der Waals surface area contributed by atoms with Gasteiger partial charge in [-0.3, -0.25) is 0 Å². The average molecular weight is 388 g/mol. The topological polar surface area (TPSA) is 40.7 Å². The van der Waals surface area contributed by atoms with Crippen molar-refractivity contribution in [2.75, 3.05) is 0 Å². The molecule has 1 aromatic heterocycles. The molecule has 1 fully saturated rings. The minimum atomic E-state index is -0.145. The molecular formula is C22H27ClFN3. The SMILES string of the molecule is CC1(C)CCC(NCc2ccc(-c3ccc4[nH]cnc4c3)cc2F)CC1.Cl. The number of hydrogen-bond donors (Lipinski definition) is 2. The number of nitrogens with zero attached hydrogens (tertiary/aromatic N) is 1. The highest BCUT2D eigenvalue weighted by molar-refractivity contribution is 5.85. The second-order valence-corrected chi connectivity index (χ2v) is 8.26. The Morgan fingerprint density at radius 1 is 1.11 bits per heavy atom. The summed E-state index contributed by atoms with van der Waals surface area (Å²) in [5, 5.41) is 3.54. The Kier molecular flexibility index (Phi) is 5.87. The zero-order valence-electron chi connectivity index (χ0n) is 15.9. The Morgan fingerprint density at radius 3 is 2.56 bits per heavy atom. The average Bonchev–Trinajstić information content (AvgIpc) is 3.09. The highest BCUT2D eigenvalue weighted by Gasteiger charge is 2.26. The standard InChI is InChI=1S/C22H26FN3.ClH/c1-22(2)9-7-18(8-10-22)24-13-17-4-3-15(11-19(17)23)16-5-6-20-21(12-16)26-14-25-20;/h3-6,11-12,14,18,24H,7-10,13H2,1-2H3,(H,25,26);1H. The molecule has 0 saturated heterocycles. The number of rotatable bonds is 4. The van der Waals surface area contributed by atoms with E-state index in [1.54, 1.807) is 12.4 Å². The number of benzene rings is 2. The van der Waals surface area contributed by atoms with E-state index in [9.17, 15) is 4.39 Å². The molecule has 3 aromatic rings. The molecule has 1 saturated carbocycles. The van der Waals surface area contributed by atoms with E-state index in [2.05, 4.69) is 29.1 Å². The maximum atomic E-state index is 14.6. The predicted molar refractivity (Wildman–Crippen MR) is 112 cm³/mol. The fraction of sp³-hybridized carbons (Fsp3) is 0.409. The summed E-state index contributed by atoms with van der Waals surface area (Å²) in [5.41, 5.74) is 4.95. The van der Waals surface area contributed by atoms with Crippen LogP contribution in [0.2, 0.25) is 0 Å². The Balaban J connectivity index is 0.00000210. The monoisotopic (exact) mass is 387 g/mol. The molecule has 27 heavy (non-hydrogen) atoms. The maximum absolute atomic E-state index is 14.6. The van der Waals surface area contributed by atoms with Crippen molar-refractivity contribution in [2.24, 2.45) is 5.41 Å². The van der Waals surface area contributed by atoms with Crippen molar-refractivity contribution in [3.63, 3.8) is 0 Å². The van der Waals surface area contributed by atoms with E-state index in [0.717, 1.165) is 27.7 Å². The van der Waals surface area contributed by atoms with Crippen LogP contribution >= 0.6 is 12.4 Å². The van der Waals surface area contributed by atoms with Crippen LogP contribution in [0.4, 0.5) is 4.39 Å². The van der Waals surface area contributed by atoms with Crippen LogP contribution < -0.4 is 5.32 Å². The number of hydrogen-bond acceptors (Lipinski definition) is 2. The van der Waals surface area contributed by atoms with Crippen LogP contribution in [0.5, 0.6) is 0 Å². The van der Waals surface area contributed by atoms with Crippen LogP contribution in [0.1, 0.15) is 45.1 Å². The maximum Gasteiger partial charge on any atom is 0.128 e. The summed E-state index contributed by atoms with van der Waals surface area (Å²) in [6.07, 6.45) is 6.51. The first-order valence-corrected chi connectivity index (χ1v) is 9.45. The third kappa shape index (κ3) is 4.50. The smallest absolute Gasteiger partial charge is 0.128 e. The van der Waals surface area contributed by atoms with Gasteiger partial charge in [0.2, 0.25) is 0 Å². The summed E-state index contributed by atoms with van der Waals surface area (Å²) in [5.74, 6) is -0.145. The number of halogens is 2. The van der Waals surface area contributed by atoms with Crippen molar-refractivity contribution in [1.29, 1.82) is 0 Å². The summed E-state index contributed by atoms with van der Waals surface area (Å²) >= 11 is 0. The molecule has 2 aromatic carbocycles. The van der Waals surface area contributed by atoms with Gasteiger partial charge in [-0.25, -0.2) is 9.37 Å². The van der Waals surface area contributed by atoms with Gasteiger partial charge < -0.3 is 10.3 Å². The van der Waals surface area contributed by atoms with Crippen LogP contribution in [-0.2, 0) is 6.54 Å². The van der Waals surface area contributed by atoms with E-state index in [1.165, 1.54) is 25.7 Å². The Hall–Kier alpha value is -1.91. The van der Waals surface area contributed by atoms with E-state index in [1.807, 2.05) is 30.3 Å².